The van der Waals surface area contributed by atoms with Crippen LogP contribution in [0.4, 0.5) is 0 Å². The van der Waals surface area contributed by atoms with E-state index in [9.17, 15) is 0 Å². The van der Waals surface area contributed by atoms with Crippen molar-refractivity contribution in [1.29, 1.82) is 0 Å². The van der Waals surface area contributed by atoms with Crippen LogP contribution in [0.3, 0.4) is 0 Å². The SMILES string of the molecule is C=CCCC1=CCC(C2CCC(C3CCC(CCCC)CC3)CC2)C=C1. The molecular weight excluding hydrogens is 312 g/mol. The Bertz CT molecular complexity index is 466. The average Bonchev–Trinajstić information content (AvgIpc) is 2.72. The summed E-state index contributed by atoms with van der Waals surface area (Å²) in [5.41, 5.74) is 1.54. The molecule has 0 N–H and O–H groups in total. The van der Waals surface area contributed by atoms with E-state index in [0.29, 0.717) is 0 Å². The maximum atomic E-state index is 3.84. The molecule has 0 aliphatic heterocycles. The van der Waals surface area contributed by atoms with Crippen molar-refractivity contribution in [2.45, 2.75) is 96.8 Å². The molecule has 2 fully saturated rings. The van der Waals surface area contributed by atoms with Crippen molar-refractivity contribution >= 4 is 0 Å². The van der Waals surface area contributed by atoms with Gasteiger partial charge in [0.2, 0.25) is 0 Å². The molecule has 0 nitrogen and oxygen atoms in total. The molecular formula is C26H42. The predicted octanol–water partition coefficient (Wildman–Crippen LogP) is 8.26. The lowest BCUT2D eigenvalue weighted by Crippen LogP contribution is -2.28. The van der Waals surface area contributed by atoms with Crippen molar-refractivity contribution in [3.8, 4) is 0 Å². The minimum atomic E-state index is 0.827. The zero-order valence-corrected chi connectivity index (χ0v) is 17.3. The highest BCUT2D eigenvalue weighted by Gasteiger charge is 2.32. The van der Waals surface area contributed by atoms with E-state index in [2.05, 4.69) is 31.7 Å². The zero-order valence-electron chi connectivity index (χ0n) is 17.3. The Balaban J connectivity index is 1.37. The van der Waals surface area contributed by atoms with E-state index in [1.165, 1.54) is 76.2 Å². The van der Waals surface area contributed by atoms with Crippen molar-refractivity contribution in [2.75, 3.05) is 0 Å². The fourth-order valence-corrected chi connectivity index (χ4v) is 5.97. The molecule has 1 unspecified atom stereocenters. The second-order valence-electron chi connectivity index (χ2n) is 9.46. The van der Waals surface area contributed by atoms with Crippen molar-refractivity contribution in [3.63, 3.8) is 0 Å². The summed E-state index contributed by atoms with van der Waals surface area (Å²) < 4.78 is 0. The van der Waals surface area contributed by atoms with Gasteiger partial charge in [0, 0.05) is 0 Å². The third-order valence-corrected chi connectivity index (χ3v) is 7.79. The maximum Gasteiger partial charge on any atom is -0.0167 e. The Morgan fingerprint density at radius 1 is 0.962 bits per heavy atom. The molecule has 0 aromatic carbocycles. The molecule has 146 valence electrons. The van der Waals surface area contributed by atoms with Crippen LogP contribution in [0.1, 0.15) is 96.8 Å². The van der Waals surface area contributed by atoms with E-state index < -0.39 is 0 Å². The first-order chi connectivity index (χ1) is 12.8. The number of hydrogen-bond donors (Lipinski definition) is 0. The summed E-state index contributed by atoms with van der Waals surface area (Å²) in [4.78, 5) is 0. The molecule has 0 heteroatoms. The van der Waals surface area contributed by atoms with Crippen LogP contribution in [0.15, 0.2) is 36.5 Å². The molecule has 26 heavy (non-hydrogen) atoms. The quantitative estimate of drug-likeness (QED) is 0.385. The van der Waals surface area contributed by atoms with Gasteiger partial charge in [0.15, 0.2) is 0 Å². The van der Waals surface area contributed by atoms with Gasteiger partial charge in [0.25, 0.3) is 0 Å². The topological polar surface area (TPSA) is 0 Å². The lowest BCUT2D eigenvalue weighted by molar-refractivity contribution is 0.131. The number of rotatable bonds is 8. The van der Waals surface area contributed by atoms with E-state index in [-0.39, 0.29) is 0 Å². The van der Waals surface area contributed by atoms with Crippen LogP contribution in [0.25, 0.3) is 0 Å². The molecule has 0 aromatic heterocycles. The van der Waals surface area contributed by atoms with Gasteiger partial charge in [-0.2, -0.15) is 0 Å². The Kier molecular flexibility index (Phi) is 8.08. The molecule has 3 aliphatic rings. The van der Waals surface area contributed by atoms with Crippen molar-refractivity contribution in [3.05, 3.63) is 36.5 Å². The van der Waals surface area contributed by atoms with Gasteiger partial charge >= 0.3 is 0 Å². The van der Waals surface area contributed by atoms with E-state index in [4.69, 9.17) is 0 Å². The summed E-state index contributed by atoms with van der Waals surface area (Å²) in [5.74, 6) is 4.98. The lowest BCUT2D eigenvalue weighted by atomic mass is 9.66. The van der Waals surface area contributed by atoms with Crippen LogP contribution in [0.5, 0.6) is 0 Å². The van der Waals surface area contributed by atoms with Gasteiger partial charge in [-0.1, -0.05) is 68.9 Å². The Labute approximate surface area is 163 Å². The number of hydrogen-bond acceptors (Lipinski definition) is 0. The predicted molar refractivity (Wildman–Crippen MR) is 115 cm³/mol. The first-order valence-electron chi connectivity index (χ1n) is 11.8. The van der Waals surface area contributed by atoms with Gasteiger partial charge in [-0.15, -0.1) is 6.58 Å². The van der Waals surface area contributed by atoms with Gasteiger partial charge in [0.1, 0.15) is 0 Å². The monoisotopic (exact) mass is 354 g/mol. The van der Waals surface area contributed by atoms with E-state index in [0.717, 1.165) is 36.0 Å². The Morgan fingerprint density at radius 3 is 2.19 bits per heavy atom. The van der Waals surface area contributed by atoms with Gasteiger partial charge in [0.05, 0.1) is 0 Å². The molecule has 2 saturated carbocycles. The van der Waals surface area contributed by atoms with Crippen molar-refractivity contribution in [2.24, 2.45) is 29.6 Å². The molecule has 3 aliphatic carbocycles. The first kappa shape index (κ1) is 20.0. The summed E-state index contributed by atoms with van der Waals surface area (Å²) in [5, 5.41) is 0. The van der Waals surface area contributed by atoms with Crippen LogP contribution >= 0.6 is 0 Å². The highest BCUT2D eigenvalue weighted by atomic mass is 14.4. The minimum Gasteiger partial charge on any atom is -0.103 e. The van der Waals surface area contributed by atoms with E-state index >= 15 is 0 Å². The molecule has 0 amide bonds. The average molecular weight is 355 g/mol. The maximum absolute atomic E-state index is 3.84. The molecule has 0 radical (unpaired) electrons. The number of unbranched alkanes of at least 4 members (excludes halogenated alkanes) is 1. The van der Waals surface area contributed by atoms with E-state index in [1.807, 2.05) is 6.08 Å². The van der Waals surface area contributed by atoms with Crippen LogP contribution in [-0.2, 0) is 0 Å². The molecule has 0 bridgehead atoms. The molecule has 0 heterocycles. The van der Waals surface area contributed by atoms with Crippen LogP contribution < -0.4 is 0 Å². The lowest BCUT2D eigenvalue weighted by Gasteiger charge is -2.39. The summed E-state index contributed by atoms with van der Waals surface area (Å²) in [6.45, 7) is 6.18. The molecule has 3 rings (SSSR count). The van der Waals surface area contributed by atoms with Crippen LogP contribution in [0.2, 0.25) is 0 Å². The number of allylic oxidation sites excluding steroid dienone is 5. The van der Waals surface area contributed by atoms with Crippen molar-refractivity contribution < 1.29 is 0 Å². The highest BCUT2D eigenvalue weighted by molar-refractivity contribution is 5.24. The molecule has 1 atom stereocenters. The summed E-state index contributed by atoms with van der Waals surface area (Å²) >= 11 is 0. The third kappa shape index (κ3) is 5.61. The normalized spacial score (nSPS) is 35.1. The minimum absolute atomic E-state index is 0.827. The van der Waals surface area contributed by atoms with Gasteiger partial charge in [-0.25, -0.2) is 0 Å². The summed E-state index contributed by atoms with van der Waals surface area (Å²) in [6.07, 6.45) is 29.6. The second kappa shape index (κ2) is 10.5. The second-order valence-corrected chi connectivity index (χ2v) is 9.46. The first-order valence-corrected chi connectivity index (χ1v) is 11.8. The Hall–Kier alpha value is -0.780. The van der Waals surface area contributed by atoms with Gasteiger partial charge in [-0.05, 0) is 87.4 Å². The summed E-state index contributed by atoms with van der Waals surface area (Å²) in [7, 11) is 0. The van der Waals surface area contributed by atoms with Gasteiger partial charge in [-0.3, -0.25) is 0 Å². The molecule has 0 spiro atoms. The Morgan fingerprint density at radius 2 is 1.62 bits per heavy atom. The van der Waals surface area contributed by atoms with Crippen LogP contribution in [0, 0.1) is 29.6 Å². The van der Waals surface area contributed by atoms with E-state index in [1.54, 1.807) is 12.8 Å². The molecule has 0 saturated heterocycles. The largest absolute Gasteiger partial charge is 0.103 e. The summed E-state index contributed by atoms with van der Waals surface area (Å²) in [6, 6.07) is 0. The fraction of sp³-hybridized carbons (Fsp3) is 0.769. The van der Waals surface area contributed by atoms with Gasteiger partial charge < -0.3 is 0 Å². The smallest absolute Gasteiger partial charge is 0.0167 e. The molecule has 0 aromatic rings. The highest BCUT2D eigenvalue weighted by Crippen LogP contribution is 2.44. The third-order valence-electron chi connectivity index (χ3n) is 7.79. The van der Waals surface area contributed by atoms with Crippen LogP contribution in [-0.4, -0.2) is 0 Å². The van der Waals surface area contributed by atoms with Crippen molar-refractivity contribution in [1.82, 2.24) is 0 Å². The fourth-order valence-electron chi connectivity index (χ4n) is 5.97. The standard InChI is InChI=1S/C26H42/c1-3-5-7-21-9-13-23(14-10-21)25-17-19-26(20-18-25)24-15-11-22(12-16-24)8-6-4-2/h3,9-10,13,22-26H,1,4-8,11-12,14-20H2,2H3. The zero-order chi connectivity index (χ0) is 18.2.